The van der Waals surface area contributed by atoms with E-state index in [9.17, 15) is 19.2 Å². The maximum atomic E-state index is 12.9. The van der Waals surface area contributed by atoms with Gasteiger partial charge in [-0.1, -0.05) is 12.1 Å². The molecule has 4 aliphatic heterocycles. The van der Waals surface area contributed by atoms with Gasteiger partial charge in [0, 0.05) is 31.5 Å². The van der Waals surface area contributed by atoms with Gasteiger partial charge < -0.3 is 19.7 Å². The fraction of sp³-hybridized carbons (Fsp3) is 0.524. The lowest BCUT2D eigenvalue weighted by molar-refractivity contribution is -0.136. The molecule has 1 aromatic rings. The molecule has 3 fully saturated rings. The summed E-state index contributed by atoms with van der Waals surface area (Å²) in [6.07, 6.45) is 2.81. The molecule has 4 atom stereocenters. The summed E-state index contributed by atoms with van der Waals surface area (Å²) in [5.74, 6) is -0.970. The Morgan fingerprint density at radius 2 is 2.10 bits per heavy atom. The van der Waals surface area contributed by atoms with Gasteiger partial charge in [0.1, 0.15) is 12.1 Å². The summed E-state index contributed by atoms with van der Waals surface area (Å²) in [7, 11) is 0. The first-order valence-electron chi connectivity index (χ1n) is 10.3. The van der Waals surface area contributed by atoms with E-state index in [1.54, 1.807) is 6.07 Å². The second-order valence-electron chi connectivity index (χ2n) is 8.30. The highest BCUT2D eigenvalue weighted by atomic mass is 16.6. The van der Waals surface area contributed by atoms with Crippen LogP contribution in [-0.4, -0.2) is 53.1 Å². The van der Waals surface area contributed by atoms with Gasteiger partial charge in [-0.3, -0.25) is 19.7 Å². The summed E-state index contributed by atoms with van der Waals surface area (Å²) in [4.78, 5) is 50.0. The average Bonchev–Trinajstić information content (AvgIpc) is 3.42. The number of carbonyl (C=O) groups excluding carboxylic acids is 4. The molecule has 0 aromatic heterocycles. The minimum absolute atomic E-state index is 0.0108. The first-order valence-corrected chi connectivity index (χ1v) is 10.3. The van der Waals surface area contributed by atoms with Crippen molar-refractivity contribution >= 4 is 23.8 Å². The molecule has 1 unspecified atom stereocenters. The number of hydrogen-bond donors (Lipinski definition) is 2. The number of amides is 4. The third-order valence-corrected chi connectivity index (χ3v) is 6.34. The van der Waals surface area contributed by atoms with Gasteiger partial charge in [-0.25, -0.2) is 4.79 Å². The molecule has 30 heavy (non-hydrogen) atoms. The zero-order chi connectivity index (χ0) is 20.8. The molecule has 9 nitrogen and oxygen atoms in total. The summed E-state index contributed by atoms with van der Waals surface area (Å²) in [5.41, 5.74) is 2.12. The lowest BCUT2D eigenvalue weighted by atomic mass is 9.98. The molecular formula is C21H23N3O6. The molecular weight excluding hydrogens is 390 g/mol. The van der Waals surface area contributed by atoms with Crippen LogP contribution >= 0.6 is 0 Å². The molecule has 0 radical (unpaired) electrons. The van der Waals surface area contributed by atoms with Gasteiger partial charge in [0.2, 0.25) is 11.8 Å². The Hall–Kier alpha value is -2.94. The van der Waals surface area contributed by atoms with Crippen LogP contribution in [0.3, 0.4) is 0 Å². The van der Waals surface area contributed by atoms with Crippen molar-refractivity contribution in [3.63, 3.8) is 0 Å². The van der Waals surface area contributed by atoms with E-state index in [1.165, 1.54) is 4.90 Å². The number of alkyl carbamates (subject to hydrolysis) is 1. The van der Waals surface area contributed by atoms with E-state index < -0.39 is 18.0 Å². The third kappa shape index (κ3) is 3.43. The molecule has 0 aliphatic carbocycles. The largest absolute Gasteiger partial charge is 0.443 e. The fourth-order valence-electron chi connectivity index (χ4n) is 4.78. The van der Waals surface area contributed by atoms with Gasteiger partial charge in [-0.15, -0.1) is 0 Å². The number of fused-ring (bicyclic) bond motifs is 3. The molecule has 1 aromatic carbocycles. The number of nitrogens with one attached hydrogen (secondary N) is 2. The molecule has 9 heteroatoms. The molecule has 4 aliphatic rings. The van der Waals surface area contributed by atoms with Crippen molar-refractivity contribution in [2.75, 3.05) is 0 Å². The number of imide groups is 1. The number of benzene rings is 1. The number of piperidine rings is 1. The highest BCUT2D eigenvalue weighted by Crippen LogP contribution is 2.36. The zero-order valence-electron chi connectivity index (χ0n) is 16.4. The molecule has 0 spiro atoms. The third-order valence-electron chi connectivity index (χ3n) is 6.34. The summed E-state index contributed by atoms with van der Waals surface area (Å²) < 4.78 is 11.2. The molecule has 158 valence electrons. The Labute approximate surface area is 173 Å². The zero-order valence-corrected chi connectivity index (χ0v) is 16.4. The molecule has 0 saturated carbocycles. The summed E-state index contributed by atoms with van der Waals surface area (Å²) in [5, 5.41) is 5.03. The van der Waals surface area contributed by atoms with Crippen molar-refractivity contribution in [3.05, 3.63) is 34.9 Å². The number of nitrogens with zero attached hydrogens (tertiary/aromatic N) is 1. The van der Waals surface area contributed by atoms with E-state index in [-0.39, 0.29) is 43.1 Å². The number of rotatable bonds is 4. The van der Waals surface area contributed by atoms with Crippen LogP contribution in [0.2, 0.25) is 0 Å². The standard InChI is InChI=1S/C21H23N3O6/c25-18-6-4-15(19(26)23-18)24-10-12-2-1-11(7-14(12)20(24)27)9-22-21(28)30-17-8-13-3-5-16(17)29-13/h1-2,7,13,15-17H,3-6,8-10H2,(H,22,28)(H,23,25,26)/t13-,15?,16+,17-/m0/s1. The van der Waals surface area contributed by atoms with Crippen LogP contribution in [0.5, 0.6) is 0 Å². The number of ether oxygens (including phenoxy) is 2. The van der Waals surface area contributed by atoms with Gasteiger partial charge in [-0.05, 0) is 36.5 Å². The Morgan fingerprint density at radius 1 is 1.23 bits per heavy atom. The predicted molar refractivity (Wildman–Crippen MR) is 102 cm³/mol. The van der Waals surface area contributed by atoms with Crippen molar-refractivity contribution in [1.82, 2.24) is 15.5 Å². The van der Waals surface area contributed by atoms with Crippen LogP contribution in [0.15, 0.2) is 18.2 Å². The Morgan fingerprint density at radius 3 is 2.83 bits per heavy atom. The molecule has 4 amide bonds. The van der Waals surface area contributed by atoms with Gasteiger partial charge in [0.05, 0.1) is 12.2 Å². The Kier molecular flexibility index (Phi) is 4.69. The molecule has 2 bridgehead atoms. The van der Waals surface area contributed by atoms with E-state index in [1.807, 2.05) is 12.1 Å². The van der Waals surface area contributed by atoms with Gasteiger partial charge in [0.25, 0.3) is 5.91 Å². The molecule has 2 N–H and O–H groups in total. The minimum atomic E-state index is -0.636. The summed E-state index contributed by atoms with van der Waals surface area (Å²) in [6.45, 7) is 0.569. The quantitative estimate of drug-likeness (QED) is 0.712. The van der Waals surface area contributed by atoms with Crippen LogP contribution in [-0.2, 0) is 32.2 Å². The van der Waals surface area contributed by atoms with Crippen molar-refractivity contribution < 1.29 is 28.7 Å². The average molecular weight is 413 g/mol. The maximum absolute atomic E-state index is 12.9. The lowest BCUT2D eigenvalue weighted by Crippen LogP contribution is -2.52. The first-order chi connectivity index (χ1) is 14.5. The van der Waals surface area contributed by atoms with E-state index in [2.05, 4.69) is 10.6 Å². The van der Waals surface area contributed by atoms with Crippen molar-refractivity contribution in [1.29, 1.82) is 0 Å². The molecule has 4 heterocycles. The van der Waals surface area contributed by atoms with Crippen LogP contribution in [0.4, 0.5) is 4.79 Å². The topological polar surface area (TPSA) is 114 Å². The van der Waals surface area contributed by atoms with Crippen LogP contribution in [0.25, 0.3) is 0 Å². The highest BCUT2D eigenvalue weighted by Gasteiger charge is 2.43. The highest BCUT2D eigenvalue weighted by molar-refractivity contribution is 6.05. The van der Waals surface area contributed by atoms with Gasteiger partial charge in [0.15, 0.2) is 0 Å². The van der Waals surface area contributed by atoms with Crippen LogP contribution in [0, 0.1) is 0 Å². The van der Waals surface area contributed by atoms with E-state index in [0.29, 0.717) is 18.5 Å². The summed E-state index contributed by atoms with van der Waals surface area (Å²) in [6, 6.07) is 4.79. The first kappa shape index (κ1) is 19.0. The van der Waals surface area contributed by atoms with Gasteiger partial charge >= 0.3 is 6.09 Å². The minimum Gasteiger partial charge on any atom is -0.443 e. The lowest BCUT2D eigenvalue weighted by Gasteiger charge is -2.29. The Balaban J connectivity index is 1.19. The van der Waals surface area contributed by atoms with E-state index in [4.69, 9.17) is 9.47 Å². The maximum Gasteiger partial charge on any atom is 0.407 e. The number of carbonyl (C=O) groups is 4. The monoisotopic (exact) mass is 413 g/mol. The van der Waals surface area contributed by atoms with Crippen molar-refractivity contribution in [2.45, 2.75) is 69.5 Å². The Bertz CT molecular complexity index is 931. The SMILES string of the molecule is O=C1CCC(N2Cc3ccc(CNC(=O)O[C@H]4C[C@@H]5CC[C@H]4O5)cc3C2=O)C(=O)N1. The van der Waals surface area contributed by atoms with E-state index in [0.717, 1.165) is 30.4 Å². The van der Waals surface area contributed by atoms with Gasteiger partial charge in [-0.2, -0.15) is 0 Å². The molecule has 3 saturated heterocycles. The fourth-order valence-corrected chi connectivity index (χ4v) is 4.78. The normalized spacial score (nSPS) is 29.7. The second-order valence-corrected chi connectivity index (χ2v) is 8.30. The van der Waals surface area contributed by atoms with Crippen LogP contribution < -0.4 is 10.6 Å². The smallest absolute Gasteiger partial charge is 0.407 e. The summed E-state index contributed by atoms with van der Waals surface area (Å²) >= 11 is 0. The van der Waals surface area contributed by atoms with Crippen molar-refractivity contribution in [2.24, 2.45) is 0 Å². The molecule has 5 rings (SSSR count). The van der Waals surface area contributed by atoms with Crippen molar-refractivity contribution in [3.8, 4) is 0 Å². The number of hydrogen-bond acceptors (Lipinski definition) is 6. The van der Waals surface area contributed by atoms with E-state index >= 15 is 0 Å². The second kappa shape index (κ2) is 7.39. The van der Waals surface area contributed by atoms with Crippen LogP contribution in [0.1, 0.15) is 53.6 Å². The predicted octanol–water partition coefficient (Wildman–Crippen LogP) is 0.994.